The number of halogens is 1. The van der Waals surface area contributed by atoms with Gasteiger partial charge in [0.15, 0.2) is 5.82 Å². The number of hydrogen-bond acceptors (Lipinski definition) is 4. The third-order valence-electron chi connectivity index (χ3n) is 3.11. The van der Waals surface area contributed by atoms with E-state index in [0.29, 0.717) is 23.4 Å². The molecule has 4 nitrogen and oxygen atoms in total. The van der Waals surface area contributed by atoms with Crippen LogP contribution in [0.1, 0.15) is 11.5 Å². The highest BCUT2D eigenvalue weighted by atomic mass is 19.1. The average Bonchev–Trinajstić information content (AvgIpc) is 2.84. The minimum atomic E-state index is -0.419. The molecule has 3 rings (SSSR count). The number of benzene rings is 1. The molecule has 0 aliphatic rings. The van der Waals surface area contributed by atoms with Crippen molar-refractivity contribution in [2.75, 3.05) is 11.1 Å². The normalized spacial score (nSPS) is 10.9. The molecule has 0 spiro atoms. The van der Waals surface area contributed by atoms with Gasteiger partial charge in [0, 0.05) is 17.3 Å². The van der Waals surface area contributed by atoms with E-state index in [1.54, 1.807) is 12.3 Å². The zero-order chi connectivity index (χ0) is 14.1. The van der Waals surface area contributed by atoms with Crippen LogP contribution in [0, 0.1) is 12.7 Å². The van der Waals surface area contributed by atoms with Gasteiger partial charge in [-0.05, 0) is 37.3 Å². The third kappa shape index (κ3) is 2.18. The lowest BCUT2D eigenvalue weighted by Crippen LogP contribution is -2.03. The maximum absolute atomic E-state index is 14.1. The van der Waals surface area contributed by atoms with Crippen LogP contribution in [0.5, 0.6) is 0 Å². The van der Waals surface area contributed by atoms with Crippen molar-refractivity contribution in [1.82, 2.24) is 4.98 Å². The van der Waals surface area contributed by atoms with E-state index in [9.17, 15) is 4.39 Å². The van der Waals surface area contributed by atoms with Crippen molar-refractivity contribution in [3.8, 4) is 0 Å². The van der Waals surface area contributed by atoms with E-state index < -0.39 is 5.82 Å². The topological polar surface area (TPSA) is 64.1 Å². The Labute approximate surface area is 115 Å². The average molecular weight is 271 g/mol. The van der Waals surface area contributed by atoms with E-state index in [4.69, 9.17) is 10.2 Å². The van der Waals surface area contributed by atoms with Gasteiger partial charge in [0.2, 0.25) is 0 Å². The molecule has 0 unspecified atom stereocenters. The number of pyridine rings is 1. The Morgan fingerprint density at radius 1 is 1.35 bits per heavy atom. The van der Waals surface area contributed by atoms with E-state index in [2.05, 4.69) is 10.3 Å². The highest BCUT2D eigenvalue weighted by Gasteiger charge is 2.12. The zero-order valence-electron chi connectivity index (χ0n) is 11.0. The van der Waals surface area contributed by atoms with E-state index in [1.165, 1.54) is 6.07 Å². The highest BCUT2D eigenvalue weighted by Crippen LogP contribution is 2.29. The summed E-state index contributed by atoms with van der Waals surface area (Å²) in [5, 5.41) is 3.75. The Balaban J connectivity index is 1.98. The largest absolute Gasteiger partial charge is 0.465 e. The van der Waals surface area contributed by atoms with Crippen LogP contribution in [0.15, 0.2) is 40.9 Å². The summed E-state index contributed by atoms with van der Waals surface area (Å²) in [6.07, 6.45) is 1.61. The molecule has 0 saturated carbocycles. The predicted molar refractivity (Wildman–Crippen MR) is 76.9 cm³/mol. The van der Waals surface area contributed by atoms with Crippen molar-refractivity contribution in [1.29, 1.82) is 0 Å². The van der Waals surface area contributed by atoms with Gasteiger partial charge in [0.25, 0.3) is 0 Å². The lowest BCUT2D eigenvalue weighted by Gasteiger charge is -2.11. The second-order valence-corrected chi connectivity index (χ2v) is 4.59. The van der Waals surface area contributed by atoms with E-state index in [0.717, 1.165) is 16.9 Å². The molecule has 0 aliphatic heterocycles. The molecule has 102 valence electrons. The first-order chi connectivity index (χ1) is 9.65. The Hall–Kier alpha value is -2.56. The number of hydrogen-bond donors (Lipinski definition) is 2. The fourth-order valence-electron chi connectivity index (χ4n) is 2.16. The first-order valence-corrected chi connectivity index (χ1v) is 6.27. The molecule has 2 heterocycles. The number of rotatable bonds is 3. The first-order valence-electron chi connectivity index (χ1n) is 6.27. The van der Waals surface area contributed by atoms with Gasteiger partial charge < -0.3 is 15.5 Å². The fourth-order valence-corrected chi connectivity index (χ4v) is 2.16. The van der Waals surface area contributed by atoms with Crippen LogP contribution in [-0.2, 0) is 6.54 Å². The van der Waals surface area contributed by atoms with Crippen LogP contribution < -0.4 is 11.1 Å². The second kappa shape index (κ2) is 4.85. The molecule has 0 aliphatic carbocycles. The fraction of sp³-hybridized carbons (Fsp3) is 0.133. The van der Waals surface area contributed by atoms with Gasteiger partial charge in [-0.3, -0.25) is 4.98 Å². The van der Waals surface area contributed by atoms with Crippen LogP contribution >= 0.6 is 0 Å². The van der Waals surface area contributed by atoms with Crippen LogP contribution in [0.3, 0.4) is 0 Å². The molecule has 3 N–H and O–H groups in total. The number of nitrogens with zero attached hydrogens (tertiary/aromatic N) is 1. The molecule has 2 aromatic heterocycles. The third-order valence-corrected chi connectivity index (χ3v) is 3.11. The molecule has 20 heavy (non-hydrogen) atoms. The molecule has 3 aromatic rings. The number of nitrogen functional groups attached to an aromatic ring is 1. The van der Waals surface area contributed by atoms with Gasteiger partial charge >= 0.3 is 0 Å². The summed E-state index contributed by atoms with van der Waals surface area (Å²) in [6, 6.07) is 8.62. The Bertz CT molecular complexity index is 767. The SMILES string of the molecule is Cc1ccc(CNc2c(F)cc(N)c3cccnc23)o1. The van der Waals surface area contributed by atoms with Gasteiger partial charge in [0.1, 0.15) is 11.5 Å². The van der Waals surface area contributed by atoms with Crippen molar-refractivity contribution >= 4 is 22.3 Å². The minimum Gasteiger partial charge on any atom is -0.465 e. The zero-order valence-corrected chi connectivity index (χ0v) is 11.0. The Kier molecular flexibility index (Phi) is 3.02. The van der Waals surface area contributed by atoms with Gasteiger partial charge in [-0.1, -0.05) is 0 Å². The van der Waals surface area contributed by atoms with Gasteiger partial charge in [0.05, 0.1) is 17.7 Å². The van der Waals surface area contributed by atoms with Gasteiger partial charge in [-0.2, -0.15) is 0 Å². The summed E-state index contributed by atoms with van der Waals surface area (Å²) in [5.41, 5.74) is 7.05. The molecular weight excluding hydrogens is 257 g/mol. The van der Waals surface area contributed by atoms with Gasteiger partial charge in [-0.15, -0.1) is 0 Å². The standard InChI is InChI=1S/C15H14FN3O/c1-9-4-5-10(20-9)8-19-15-12(16)7-13(17)11-3-2-6-18-14(11)15/h2-7,19H,8,17H2,1H3. The monoisotopic (exact) mass is 271 g/mol. The number of nitrogens with one attached hydrogen (secondary N) is 1. The van der Waals surface area contributed by atoms with Gasteiger partial charge in [-0.25, -0.2) is 4.39 Å². The number of anilines is 2. The minimum absolute atomic E-state index is 0.337. The van der Waals surface area contributed by atoms with Crippen LogP contribution in [0.25, 0.3) is 10.9 Å². The van der Waals surface area contributed by atoms with E-state index in [-0.39, 0.29) is 0 Å². The van der Waals surface area contributed by atoms with Crippen molar-refractivity contribution in [2.24, 2.45) is 0 Å². The smallest absolute Gasteiger partial charge is 0.150 e. The summed E-state index contributed by atoms with van der Waals surface area (Å²) in [5.74, 6) is 1.14. The Morgan fingerprint density at radius 2 is 2.20 bits per heavy atom. The predicted octanol–water partition coefficient (Wildman–Crippen LogP) is 3.47. The maximum atomic E-state index is 14.1. The summed E-state index contributed by atoms with van der Waals surface area (Å²) in [7, 11) is 0. The molecule has 0 fully saturated rings. The van der Waals surface area contributed by atoms with E-state index in [1.807, 2.05) is 25.1 Å². The van der Waals surface area contributed by atoms with Crippen LogP contribution in [0.2, 0.25) is 0 Å². The Morgan fingerprint density at radius 3 is 2.95 bits per heavy atom. The lowest BCUT2D eigenvalue weighted by molar-refractivity contribution is 0.490. The molecule has 5 heteroatoms. The van der Waals surface area contributed by atoms with Crippen molar-refractivity contribution in [3.05, 3.63) is 53.9 Å². The van der Waals surface area contributed by atoms with Crippen molar-refractivity contribution < 1.29 is 8.81 Å². The number of aryl methyl sites for hydroxylation is 1. The molecular formula is C15H14FN3O. The molecule has 0 atom stereocenters. The van der Waals surface area contributed by atoms with E-state index >= 15 is 0 Å². The lowest BCUT2D eigenvalue weighted by atomic mass is 10.1. The summed E-state index contributed by atoms with van der Waals surface area (Å²) in [6.45, 7) is 2.25. The number of nitrogens with two attached hydrogens (primary N) is 1. The molecule has 1 aromatic carbocycles. The molecule has 0 radical (unpaired) electrons. The number of fused-ring (bicyclic) bond motifs is 1. The molecule has 0 bridgehead atoms. The van der Waals surface area contributed by atoms with Crippen LogP contribution in [0.4, 0.5) is 15.8 Å². The summed E-state index contributed by atoms with van der Waals surface area (Å²) < 4.78 is 19.5. The van der Waals surface area contributed by atoms with Crippen molar-refractivity contribution in [2.45, 2.75) is 13.5 Å². The quantitative estimate of drug-likeness (QED) is 0.716. The number of aromatic nitrogens is 1. The number of furan rings is 1. The summed E-state index contributed by atoms with van der Waals surface area (Å²) in [4.78, 5) is 4.21. The summed E-state index contributed by atoms with van der Waals surface area (Å²) >= 11 is 0. The van der Waals surface area contributed by atoms with Crippen molar-refractivity contribution in [3.63, 3.8) is 0 Å². The maximum Gasteiger partial charge on any atom is 0.150 e. The second-order valence-electron chi connectivity index (χ2n) is 4.59. The molecule has 0 amide bonds. The molecule has 0 saturated heterocycles. The first kappa shape index (κ1) is 12.5. The highest BCUT2D eigenvalue weighted by molar-refractivity contribution is 5.98. The van der Waals surface area contributed by atoms with Crippen LogP contribution in [-0.4, -0.2) is 4.98 Å².